The van der Waals surface area contributed by atoms with Crippen LogP contribution < -0.4 is 10.6 Å². The molecule has 0 aliphatic heterocycles. The molecular weight excluding hydrogens is 228 g/mol. The van der Waals surface area contributed by atoms with Gasteiger partial charge in [0.2, 0.25) is 0 Å². The van der Waals surface area contributed by atoms with Gasteiger partial charge in [0, 0.05) is 5.69 Å². The number of carbonyl (C=O) groups is 1. The highest BCUT2D eigenvalue weighted by atomic mass is 16.3. The molecule has 1 fully saturated rings. The fraction of sp³-hybridized carbons (Fsp3) is 0.500. The molecule has 1 aliphatic rings. The van der Waals surface area contributed by atoms with Crippen molar-refractivity contribution in [3.63, 3.8) is 0 Å². The Bertz CT molecular complexity index is 403. The zero-order valence-corrected chi connectivity index (χ0v) is 10.6. The number of carbonyl (C=O) groups excluding carboxylic acids is 1. The van der Waals surface area contributed by atoms with Gasteiger partial charge in [-0.3, -0.25) is 0 Å². The van der Waals surface area contributed by atoms with Gasteiger partial charge < -0.3 is 15.7 Å². The van der Waals surface area contributed by atoms with Gasteiger partial charge in [-0.2, -0.15) is 0 Å². The van der Waals surface area contributed by atoms with E-state index in [1.807, 2.05) is 31.2 Å². The maximum absolute atomic E-state index is 11.8. The molecular formula is C14H20N2O2. The maximum Gasteiger partial charge on any atom is 0.319 e. The molecule has 0 aromatic heterocycles. The zero-order valence-electron chi connectivity index (χ0n) is 10.6. The van der Waals surface area contributed by atoms with Crippen LogP contribution in [-0.4, -0.2) is 23.3 Å². The third-order valence-electron chi connectivity index (χ3n) is 3.36. The van der Waals surface area contributed by atoms with Gasteiger partial charge in [-0.25, -0.2) is 4.79 Å². The molecule has 1 saturated carbocycles. The molecule has 1 aliphatic carbocycles. The largest absolute Gasteiger partial charge is 0.391 e. The van der Waals surface area contributed by atoms with E-state index in [0.717, 1.165) is 36.9 Å². The lowest BCUT2D eigenvalue weighted by molar-refractivity contribution is 0.0955. The fourth-order valence-corrected chi connectivity index (χ4v) is 2.25. The molecule has 0 bridgehead atoms. The van der Waals surface area contributed by atoms with Crippen molar-refractivity contribution in [2.75, 3.05) is 5.32 Å². The molecule has 2 unspecified atom stereocenters. The number of aryl methyl sites for hydroxylation is 1. The topological polar surface area (TPSA) is 61.4 Å². The molecule has 0 saturated heterocycles. The van der Waals surface area contributed by atoms with Gasteiger partial charge in [-0.15, -0.1) is 0 Å². The van der Waals surface area contributed by atoms with Crippen LogP contribution in [0.3, 0.4) is 0 Å². The molecule has 2 rings (SSSR count). The summed E-state index contributed by atoms with van der Waals surface area (Å²) >= 11 is 0. The second kappa shape index (κ2) is 5.87. The van der Waals surface area contributed by atoms with Gasteiger partial charge >= 0.3 is 6.03 Å². The Balaban J connectivity index is 1.86. The second-order valence-corrected chi connectivity index (χ2v) is 4.92. The van der Waals surface area contributed by atoms with Crippen LogP contribution in [0.1, 0.15) is 31.2 Å². The standard InChI is InChI=1S/C14H20N2O2/c1-10-6-8-11(9-7-10)15-14(18)16-12-4-2-3-5-13(12)17/h6-9,12-13,17H,2-5H2,1H3,(H2,15,16,18). The molecule has 0 heterocycles. The zero-order chi connectivity index (χ0) is 13.0. The van der Waals surface area contributed by atoms with Crippen molar-refractivity contribution in [3.8, 4) is 0 Å². The van der Waals surface area contributed by atoms with Gasteiger partial charge in [0.05, 0.1) is 12.1 Å². The summed E-state index contributed by atoms with van der Waals surface area (Å²) in [6.45, 7) is 2.00. The molecule has 1 aromatic rings. The molecule has 98 valence electrons. The van der Waals surface area contributed by atoms with Gasteiger partial charge in [0.1, 0.15) is 0 Å². The molecule has 2 atom stereocenters. The van der Waals surface area contributed by atoms with Gasteiger partial charge in [0.25, 0.3) is 0 Å². The molecule has 3 N–H and O–H groups in total. The van der Waals surface area contributed by atoms with Crippen molar-refractivity contribution in [1.82, 2.24) is 5.32 Å². The van der Waals surface area contributed by atoms with Gasteiger partial charge in [-0.05, 0) is 31.9 Å². The number of hydrogen-bond acceptors (Lipinski definition) is 2. The number of benzene rings is 1. The first-order valence-corrected chi connectivity index (χ1v) is 6.47. The van der Waals surface area contributed by atoms with Crippen molar-refractivity contribution >= 4 is 11.7 Å². The Morgan fingerprint density at radius 2 is 1.89 bits per heavy atom. The van der Waals surface area contributed by atoms with E-state index in [2.05, 4.69) is 10.6 Å². The van der Waals surface area contributed by atoms with E-state index < -0.39 is 6.10 Å². The highest BCUT2D eigenvalue weighted by Gasteiger charge is 2.24. The molecule has 0 spiro atoms. The van der Waals surface area contributed by atoms with Gasteiger partial charge in [-0.1, -0.05) is 30.5 Å². The predicted molar refractivity (Wildman–Crippen MR) is 71.6 cm³/mol. The fourth-order valence-electron chi connectivity index (χ4n) is 2.25. The molecule has 4 heteroatoms. The van der Waals surface area contributed by atoms with Crippen molar-refractivity contribution in [2.24, 2.45) is 0 Å². The Morgan fingerprint density at radius 1 is 1.22 bits per heavy atom. The summed E-state index contributed by atoms with van der Waals surface area (Å²) < 4.78 is 0. The number of aliphatic hydroxyl groups excluding tert-OH is 1. The Hall–Kier alpha value is -1.55. The number of hydrogen-bond donors (Lipinski definition) is 3. The summed E-state index contributed by atoms with van der Waals surface area (Å²) in [6.07, 6.45) is 3.31. The minimum absolute atomic E-state index is 0.121. The average Bonchev–Trinajstić information content (AvgIpc) is 2.35. The van der Waals surface area contributed by atoms with E-state index >= 15 is 0 Å². The highest BCUT2D eigenvalue weighted by Crippen LogP contribution is 2.18. The van der Waals surface area contributed by atoms with Crippen LogP contribution in [0.25, 0.3) is 0 Å². The number of nitrogens with one attached hydrogen (secondary N) is 2. The Morgan fingerprint density at radius 3 is 2.56 bits per heavy atom. The van der Waals surface area contributed by atoms with Gasteiger partial charge in [0.15, 0.2) is 0 Å². The lowest BCUT2D eigenvalue weighted by Crippen LogP contribution is -2.46. The number of aliphatic hydroxyl groups is 1. The monoisotopic (exact) mass is 248 g/mol. The van der Waals surface area contributed by atoms with Crippen LogP contribution >= 0.6 is 0 Å². The highest BCUT2D eigenvalue weighted by molar-refractivity contribution is 5.89. The number of urea groups is 1. The smallest absolute Gasteiger partial charge is 0.319 e. The van der Waals surface area contributed by atoms with Crippen LogP contribution in [0.2, 0.25) is 0 Å². The van der Waals surface area contributed by atoms with Crippen LogP contribution in [0.5, 0.6) is 0 Å². The van der Waals surface area contributed by atoms with Crippen LogP contribution in [0.4, 0.5) is 10.5 Å². The number of anilines is 1. The number of amides is 2. The lowest BCUT2D eigenvalue weighted by Gasteiger charge is -2.28. The van der Waals surface area contributed by atoms with E-state index in [-0.39, 0.29) is 12.1 Å². The Labute approximate surface area is 107 Å². The first-order chi connectivity index (χ1) is 8.65. The summed E-state index contributed by atoms with van der Waals surface area (Å²) in [5, 5.41) is 15.4. The van der Waals surface area contributed by atoms with Crippen molar-refractivity contribution in [3.05, 3.63) is 29.8 Å². The van der Waals surface area contributed by atoms with E-state index in [0.29, 0.717) is 0 Å². The first kappa shape index (κ1) is 12.9. The minimum Gasteiger partial charge on any atom is -0.391 e. The molecule has 1 aromatic carbocycles. The molecule has 0 radical (unpaired) electrons. The minimum atomic E-state index is -0.414. The Kier molecular flexibility index (Phi) is 4.20. The normalized spacial score (nSPS) is 23.4. The van der Waals surface area contributed by atoms with Crippen LogP contribution in [0, 0.1) is 6.92 Å². The van der Waals surface area contributed by atoms with Crippen LogP contribution in [-0.2, 0) is 0 Å². The maximum atomic E-state index is 11.8. The molecule has 18 heavy (non-hydrogen) atoms. The average molecular weight is 248 g/mol. The summed E-state index contributed by atoms with van der Waals surface area (Å²) in [7, 11) is 0. The van der Waals surface area contributed by atoms with Crippen molar-refractivity contribution < 1.29 is 9.90 Å². The van der Waals surface area contributed by atoms with E-state index in [9.17, 15) is 9.90 Å². The summed E-state index contributed by atoms with van der Waals surface area (Å²) in [6, 6.07) is 7.27. The first-order valence-electron chi connectivity index (χ1n) is 6.47. The quantitative estimate of drug-likeness (QED) is 0.752. The second-order valence-electron chi connectivity index (χ2n) is 4.92. The predicted octanol–water partition coefficient (Wildman–Crippen LogP) is 2.42. The van der Waals surface area contributed by atoms with Crippen molar-refractivity contribution in [1.29, 1.82) is 0 Å². The SMILES string of the molecule is Cc1ccc(NC(=O)NC2CCCCC2O)cc1. The summed E-state index contributed by atoms with van der Waals surface area (Å²) in [5.74, 6) is 0. The summed E-state index contributed by atoms with van der Waals surface area (Å²) in [5.41, 5.74) is 1.92. The lowest BCUT2D eigenvalue weighted by atomic mass is 9.93. The number of rotatable bonds is 2. The van der Waals surface area contributed by atoms with E-state index in [1.165, 1.54) is 0 Å². The van der Waals surface area contributed by atoms with E-state index in [1.54, 1.807) is 0 Å². The molecule has 4 nitrogen and oxygen atoms in total. The third kappa shape index (κ3) is 3.47. The molecule has 2 amide bonds. The van der Waals surface area contributed by atoms with E-state index in [4.69, 9.17) is 0 Å². The summed E-state index contributed by atoms with van der Waals surface area (Å²) in [4.78, 5) is 11.8. The third-order valence-corrected chi connectivity index (χ3v) is 3.36. The van der Waals surface area contributed by atoms with Crippen LogP contribution in [0.15, 0.2) is 24.3 Å². The van der Waals surface area contributed by atoms with Crippen molar-refractivity contribution in [2.45, 2.75) is 44.8 Å².